The number of piperidine rings is 1. The summed E-state index contributed by atoms with van der Waals surface area (Å²) >= 11 is 0. The molecule has 2 aliphatic rings. The zero-order valence-electron chi connectivity index (χ0n) is 11.4. The molecular weight excluding hydrogens is 228 g/mol. The van der Waals surface area contributed by atoms with E-state index in [1.807, 2.05) is 11.8 Å². The largest absolute Gasteiger partial charge is 0.378 e. The fourth-order valence-corrected chi connectivity index (χ4v) is 3.07. The quantitative estimate of drug-likeness (QED) is 0.806. The maximum absolute atomic E-state index is 12.2. The van der Waals surface area contributed by atoms with Crippen molar-refractivity contribution in [2.24, 2.45) is 17.6 Å². The number of carbonyl (C=O) groups excluding carboxylic acids is 1. The lowest BCUT2D eigenvalue weighted by Gasteiger charge is -2.37. The van der Waals surface area contributed by atoms with E-state index in [0.717, 1.165) is 39.0 Å². The molecule has 2 rings (SSSR count). The summed E-state index contributed by atoms with van der Waals surface area (Å²) in [6, 6.07) is 0. The fourth-order valence-electron chi connectivity index (χ4n) is 3.07. The minimum absolute atomic E-state index is 0.327. The molecule has 1 amide bonds. The van der Waals surface area contributed by atoms with Gasteiger partial charge in [0, 0.05) is 26.1 Å². The molecule has 0 aromatic rings. The van der Waals surface area contributed by atoms with Crippen LogP contribution in [0, 0.1) is 11.8 Å². The van der Waals surface area contributed by atoms with Crippen molar-refractivity contribution in [1.29, 1.82) is 0 Å². The lowest BCUT2D eigenvalue weighted by molar-refractivity contribution is -0.136. The van der Waals surface area contributed by atoms with Crippen molar-refractivity contribution in [3.63, 3.8) is 0 Å². The Morgan fingerprint density at radius 2 is 2.17 bits per heavy atom. The molecule has 2 N–H and O–H groups in total. The Labute approximate surface area is 110 Å². The lowest BCUT2D eigenvalue weighted by Crippen LogP contribution is -2.44. The zero-order chi connectivity index (χ0) is 13.0. The smallest absolute Gasteiger partial charge is 0.222 e. The van der Waals surface area contributed by atoms with Crippen LogP contribution < -0.4 is 5.73 Å². The second-order valence-electron chi connectivity index (χ2n) is 5.70. The first-order valence-corrected chi connectivity index (χ1v) is 7.32. The van der Waals surface area contributed by atoms with Crippen molar-refractivity contribution in [3.8, 4) is 0 Å². The molecule has 4 nitrogen and oxygen atoms in total. The van der Waals surface area contributed by atoms with Crippen LogP contribution in [0.4, 0.5) is 0 Å². The van der Waals surface area contributed by atoms with Crippen LogP contribution in [0.5, 0.6) is 0 Å². The number of rotatable bonds is 5. The third-order valence-corrected chi connectivity index (χ3v) is 4.26. The Bertz CT molecular complexity index is 277. The van der Waals surface area contributed by atoms with Crippen LogP contribution in [-0.2, 0) is 9.53 Å². The molecule has 0 spiro atoms. The zero-order valence-corrected chi connectivity index (χ0v) is 11.4. The van der Waals surface area contributed by atoms with Crippen molar-refractivity contribution < 1.29 is 9.53 Å². The monoisotopic (exact) mass is 254 g/mol. The van der Waals surface area contributed by atoms with E-state index in [1.165, 1.54) is 6.42 Å². The minimum Gasteiger partial charge on any atom is -0.378 e. The molecular formula is C14H26N2O2. The Balaban J connectivity index is 1.69. The molecule has 1 heterocycles. The topological polar surface area (TPSA) is 55.6 Å². The van der Waals surface area contributed by atoms with Gasteiger partial charge in [-0.1, -0.05) is 0 Å². The van der Waals surface area contributed by atoms with Crippen LogP contribution in [0.2, 0.25) is 0 Å². The van der Waals surface area contributed by atoms with Crippen molar-refractivity contribution >= 4 is 5.91 Å². The van der Waals surface area contributed by atoms with Gasteiger partial charge in [0.05, 0.1) is 6.10 Å². The van der Waals surface area contributed by atoms with Gasteiger partial charge < -0.3 is 15.4 Å². The molecule has 104 valence electrons. The molecule has 1 unspecified atom stereocenters. The SMILES string of the molecule is CCOC1CC(CC(=O)N2CCCC(CN)C2)C1. The van der Waals surface area contributed by atoms with Gasteiger partial charge in [0.1, 0.15) is 0 Å². The highest BCUT2D eigenvalue weighted by molar-refractivity contribution is 5.76. The summed E-state index contributed by atoms with van der Waals surface area (Å²) in [6.45, 7) is 5.32. The van der Waals surface area contributed by atoms with Crippen LogP contribution in [0.1, 0.15) is 39.0 Å². The Hall–Kier alpha value is -0.610. The molecule has 0 aromatic heterocycles. The van der Waals surface area contributed by atoms with E-state index >= 15 is 0 Å². The molecule has 0 bridgehead atoms. The first kappa shape index (κ1) is 13.8. The summed E-state index contributed by atoms with van der Waals surface area (Å²) in [7, 11) is 0. The maximum atomic E-state index is 12.2. The van der Waals surface area contributed by atoms with E-state index in [-0.39, 0.29) is 0 Å². The second kappa shape index (κ2) is 6.53. The van der Waals surface area contributed by atoms with Gasteiger partial charge in [-0.3, -0.25) is 4.79 Å². The average Bonchev–Trinajstić information content (AvgIpc) is 2.36. The van der Waals surface area contributed by atoms with Gasteiger partial charge in [-0.25, -0.2) is 0 Å². The lowest BCUT2D eigenvalue weighted by atomic mass is 9.79. The molecule has 4 heteroatoms. The number of hydrogen-bond donors (Lipinski definition) is 1. The summed E-state index contributed by atoms with van der Waals surface area (Å²) in [4.78, 5) is 14.2. The Kier molecular flexibility index (Phi) is 5.01. The van der Waals surface area contributed by atoms with E-state index < -0.39 is 0 Å². The number of carbonyl (C=O) groups is 1. The molecule has 1 aliphatic heterocycles. The maximum Gasteiger partial charge on any atom is 0.222 e. The first-order valence-electron chi connectivity index (χ1n) is 7.32. The number of ether oxygens (including phenoxy) is 1. The minimum atomic E-state index is 0.327. The van der Waals surface area contributed by atoms with Crippen molar-refractivity contribution in [2.45, 2.75) is 45.1 Å². The highest BCUT2D eigenvalue weighted by atomic mass is 16.5. The highest BCUT2D eigenvalue weighted by Crippen LogP contribution is 2.33. The first-order chi connectivity index (χ1) is 8.72. The molecule has 1 aliphatic carbocycles. The normalized spacial score (nSPS) is 32.1. The summed E-state index contributed by atoms with van der Waals surface area (Å²) in [5.74, 6) is 1.39. The fraction of sp³-hybridized carbons (Fsp3) is 0.929. The molecule has 1 saturated heterocycles. The van der Waals surface area contributed by atoms with Crippen LogP contribution in [0.25, 0.3) is 0 Å². The van der Waals surface area contributed by atoms with E-state index in [9.17, 15) is 4.79 Å². The van der Waals surface area contributed by atoms with E-state index in [1.54, 1.807) is 0 Å². The van der Waals surface area contributed by atoms with E-state index in [2.05, 4.69) is 0 Å². The van der Waals surface area contributed by atoms with Gasteiger partial charge in [0.2, 0.25) is 5.91 Å². The van der Waals surface area contributed by atoms with E-state index in [4.69, 9.17) is 10.5 Å². The standard InChI is InChI=1S/C14H26N2O2/c1-2-18-13-6-12(7-13)8-14(17)16-5-3-4-11(9-15)10-16/h11-13H,2-10,15H2,1H3. The summed E-state index contributed by atoms with van der Waals surface area (Å²) in [5.41, 5.74) is 5.70. The molecule has 1 saturated carbocycles. The van der Waals surface area contributed by atoms with Crippen LogP contribution >= 0.6 is 0 Å². The van der Waals surface area contributed by atoms with Crippen molar-refractivity contribution in [1.82, 2.24) is 4.90 Å². The van der Waals surface area contributed by atoms with Gasteiger partial charge in [-0.15, -0.1) is 0 Å². The third-order valence-electron chi connectivity index (χ3n) is 4.26. The second-order valence-corrected chi connectivity index (χ2v) is 5.70. The van der Waals surface area contributed by atoms with Crippen molar-refractivity contribution in [2.75, 3.05) is 26.2 Å². The number of nitrogens with zero attached hydrogens (tertiary/aromatic N) is 1. The Morgan fingerprint density at radius 3 is 2.83 bits per heavy atom. The van der Waals surface area contributed by atoms with Gasteiger partial charge in [0.25, 0.3) is 0 Å². The summed E-state index contributed by atoms with van der Waals surface area (Å²) in [5, 5.41) is 0. The summed E-state index contributed by atoms with van der Waals surface area (Å²) in [6.07, 6.45) is 5.53. The number of likely N-dealkylation sites (tertiary alicyclic amines) is 1. The number of amides is 1. The average molecular weight is 254 g/mol. The van der Waals surface area contributed by atoms with Crippen LogP contribution in [-0.4, -0.2) is 43.2 Å². The van der Waals surface area contributed by atoms with Crippen LogP contribution in [0.3, 0.4) is 0 Å². The molecule has 2 fully saturated rings. The van der Waals surface area contributed by atoms with Gasteiger partial charge in [-0.2, -0.15) is 0 Å². The summed E-state index contributed by atoms with van der Waals surface area (Å²) < 4.78 is 5.53. The third kappa shape index (κ3) is 3.45. The van der Waals surface area contributed by atoms with Gasteiger partial charge in [0.15, 0.2) is 0 Å². The van der Waals surface area contributed by atoms with Gasteiger partial charge >= 0.3 is 0 Å². The molecule has 1 atom stereocenters. The Morgan fingerprint density at radius 1 is 1.39 bits per heavy atom. The predicted octanol–water partition coefficient (Wildman–Crippen LogP) is 1.39. The number of nitrogens with two attached hydrogens (primary N) is 1. The predicted molar refractivity (Wildman–Crippen MR) is 71.1 cm³/mol. The van der Waals surface area contributed by atoms with Crippen LogP contribution in [0.15, 0.2) is 0 Å². The number of hydrogen-bond acceptors (Lipinski definition) is 3. The van der Waals surface area contributed by atoms with Gasteiger partial charge in [-0.05, 0) is 51.0 Å². The molecule has 0 aromatic carbocycles. The molecule has 18 heavy (non-hydrogen) atoms. The van der Waals surface area contributed by atoms with Crippen molar-refractivity contribution in [3.05, 3.63) is 0 Å². The molecule has 0 radical (unpaired) electrons. The van der Waals surface area contributed by atoms with E-state index in [0.29, 0.717) is 36.8 Å². The highest BCUT2D eigenvalue weighted by Gasteiger charge is 2.33.